The van der Waals surface area contributed by atoms with E-state index in [2.05, 4.69) is 17.1 Å². The molecule has 1 fully saturated rings. The number of piperazine rings is 1. The Morgan fingerprint density at radius 2 is 1.81 bits per heavy atom. The number of ether oxygens (including phenoxy) is 1. The number of allylic oxidation sites excluding steroid dienone is 2. The van der Waals surface area contributed by atoms with Gasteiger partial charge in [0.2, 0.25) is 10.0 Å². The standard InChI is InChI=1S/C20H28N2O4S/c1-2-26-20(23)18-8-10-19(11-9-18)27(24,25)22-14-12-21(13-15-22)16-17-6-4-3-5-7-17/h3-4,8-11,17H,2,5-7,12-16H2,1H3/t17-/m0/s1. The summed E-state index contributed by atoms with van der Waals surface area (Å²) >= 11 is 0. The van der Waals surface area contributed by atoms with Gasteiger partial charge in [-0.05, 0) is 56.4 Å². The molecule has 0 unspecified atom stereocenters. The van der Waals surface area contributed by atoms with Crippen LogP contribution in [0.4, 0.5) is 0 Å². The average molecular weight is 393 g/mol. The fourth-order valence-corrected chi connectivity index (χ4v) is 5.09. The van der Waals surface area contributed by atoms with Crippen molar-refractivity contribution in [2.45, 2.75) is 31.1 Å². The first-order valence-electron chi connectivity index (χ1n) is 9.65. The topological polar surface area (TPSA) is 66.9 Å². The van der Waals surface area contributed by atoms with Crippen molar-refractivity contribution in [3.8, 4) is 0 Å². The summed E-state index contributed by atoms with van der Waals surface area (Å²) in [4.78, 5) is 14.3. The van der Waals surface area contributed by atoms with Gasteiger partial charge in [-0.15, -0.1) is 0 Å². The summed E-state index contributed by atoms with van der Waals surface area (Å²) in [6.07, 6.45) is 8.01. The monoisotopic (exact) mass is 392 g/mol. The third kappa shape index (κ3) is 4.97. The van der Waals surface area contributed by atoms with E-state index in [9.17, 15) is 13.2 Å². The predicted octanol–water partition coefficient (Wildman–Crippen LogP) is 2.53. The SMILES string of the molecule is CCOC(=O)c1ccc(S(=O)(=O)N2CCN(C[C@H]3CC=CCC3)CC2)cc1. The molecule has 1 heterocycles. The third-order valence-electron chi connectivity index (χ3n) is 5.23. The van der Waals surface area contributed by atoms with Crippen molar-refractivity contribution in [2.75, 3.05) is 39.3 Å². The van der Waals surface area contributed by atoms with Crippen molar-refractivity contribution in [3.05, 3.63) is 42.0 Å². The smallest absolute Gasteiger partial charge is 0.338 e. The number of sulfonamides is 1. The van der Waals surface area contributed by atoms with Crippen LogP contribution in [0.2, 0.25) is 0 Å². The van der Waals surface area contributed by atoms with Crippen LogP contribution in [-0.2, 0) is 14.8 Å². The summed E-state index contributed by atoms with van der Waals surface area (Å²) < 4.78 is 32.2. The maximum absolute atomic E-state index is 12.9. The maximum Gasteiger partial charge on any atom is 0.338 e. The largest absolute Gasteiger partial charge is 0.462 e. The summed E-state index contributed by atoms with van der Waals surface area (Å²) in [5, 5.41) is 0. The molecule has 0 N–H and O–H groups in total. The average Bonchev–Trinajstić information content (AvgIpc) is 2.69. The second kappa shape index (κ2) is 8.99. The highest BCUT2D eigenvalue weighted by Gasteiger charge is 2.29. The Morgan fingerprint density at radius 3 is 2.41 bits per heavy atom. The Kier molecular flexibility index (Phi) is 6.68. The lowest BCUT2D eigenvalue weighted by atomic mass is 9.94. The first-order chi connectivity index (χ1) is 13.0. The second-order valence-electron chi connectivity index (χ2n) is 7.10. The van der Waals surface area contributed by atoms with Crippen LogP contribution in [0.15, 0.2) is 41.3 Å². The molecule has 1 aliphatic carbocycles. The van der Waals surface area contributed by atoms with Crippen molar-refractivity contribution in [3.63, 3.8) is 0 Å². The summed E-state index contributed by atoms with van der Waals surface area (Å²) in [7, 11) is -3.53. The van der Waals surface area contributed by atoms with E-state index in [1.165, 1.54) is 30.7 Å². The molecule has 0 bridgehead atoms. The number of carbonyl (C=O) groups is 1. The predicted molar refractivity (Wildman–Crippen MR) is 104 cm³/mol. The Bertz CT molecular complexity index is 766. The Morgan fingerprint density at radius 1 is 1.11 bits per heavy atom. The first-order valence-corrected chi connectivity index (χ1v) is 11.1. The van der Waals surface area contributed by atoms with Gasteiger partial charge in [-0.1, -0.05) is 12.2 Å². The molecule has 7 heteroatoms. The van der Waals surface area contributed by atoms with E-state index >= 15 is 0 Å². The highest BCUT2D eigenvalue weighted by atomic mass is 32.2. The van der Waals surface area contributed by atoms with E-state index in [-0.39, 0.29) is 4.90 Å². The van der Waals surface area contributed by atoms with E-state index in [1.807, 2.05) is 0 Å². The normalized spacial score (nSPS) is 21.9. The molecule has 1 aliphatic heterocycles. The van der Waals surface area contributed by atoms with Gasteiger partial charge in [-0.3, -0.25) is 0 Å². The molecule has 6 nitrogen and oxygen atoms in total. The maximum atomic E-state index is 12.9. The molecule has 2 aliphatic rings. The lowest BCUT2D eigenvalue weighted by Gasteiger charge is -2.36. The molecule has 1 atom stereocenters. The molecule has 0 spiro atoms. The van der Waals surface area contributed by atoms with Crippen LogP contribution < -0.4 is 0 Å². The Balaban J connectivity index is 1.57. The van der Waals surface area contributed by atoms with E-state index < -0.39 is 16.0 Å². The molecule has 1 aromatic rings. The lowest BCUT2D eigenvalue weighted by Crippen LogP contribution is -2.49. The molecule has 0 amide bonds. The van der Waals surface area contributed by atoms with Gasteiger partial charge >= 0.3 is 5.97 Å². The first kappa shape index (κ1) is 20.0. The van der Waals surface area contributed by atoms with Crippen LogP contribution in [0.5, 0.6) is 0 Å². The van der Waals surface area contributed by atoms with Gasteiger partial charge in [-0.2, -0.15) is 4.31 Å². The van der Waals surface area contributed by atoms with Gasteiger partial charge in [0, 0.05) is 32.7 Å². The number of carbonyl (C=O) groups excluding carboxylic acids is 1. The van der Waals surface area contributed by atoms with Crippen LogP contribution in [0, 0.1) is 5.92 Å². The highest BCUT2D eigenvalue weighted by molar-refractivity contribution is 7.89. The fraction of sp³-hybridized carbons (Fsp3) is 0.550. The van der Waals surface area contributed by atoms with Crippen molar-refractivity contribution >= 4 is 16.0 Å². The van der Waals surface area contributed by atoms with E-state index in [0.29, 0.717) is 31.2 Å². The van der Waals surface area contributed by atoms with E-state index in [4.69, 9.17) is 4.74 Å². The van der Waals surface area contributed by atoms with Crippen molar-refractivity contribution < 1.29 is 17.9 Å². The molecule has 27 heavy (non-hydrogen) atoms. The Hall–Kier alpha value is -1.70. The quantitative estimate of drug-likeness (QED) is 0.550. The summed E-state index contributed by atoms with van der Waals surface area (Å²) in [6.45, 7) is 5.61. The molecule has 0 saturated carbocycles. The minimum Gasteiger partial charge on any atom is -0.462 e. The minimum atomic E-state index is -3.53. The van der Waals surface area contributed by atoms with Gasteiger partial charge in [-0.25, -0.2) is 13.2 Å². The van der Waals surface area contributed by atoms with E-state index in [0.717, 1.165) is 32.5 Å². The zero-order chi connectivity index (χ0) is 19.3. The van der Waals surface area contributed by atoms with Crippen molar-refractivity contribution in [1.82, 2.24) is 9.21 Å². The van der Waals surface area contributed by atoms with Crippen molar-refractivity contribution in [2.24, 2.45) is 5.92 Å². The molecular weight excluding hydrogens is 364 g/mol. The summed E-state index contributed by atoms with van der Waals surface area (Å²) in [5.41, 5.74) is 0.363. The van der Waals surface area contributed by atoms with Gasteiger partial charge < -0.3 is 9.64 Å². The van der Waals surface area contributed by atoms with E-state index in [1.54, 1.807) is 11.2 Å². The number of hydrogen-bond acceptors (Lipinski definition) is 5. The van der Waals surface area contributed by atoms with Crippen LogP contribution in [0.25, 0.3) is 0 Å². The van der Waals surface area contributed by atoms with Crippen LogP contribution in [-0.4, -0.2) is 62.9 Å². The van der Waals surface area contributed by atoms with Crippen molar-refractivity contribution in [1.29, 1.82) is 0 Å². The van der Waals surface area contributed by atoms with Crippen LogP contribution in [0.1, 0.15) is 36.5 Å². The van der Waals surface area contributed by atoms with Gasteiger partial charge in [0.25, 0.3) is 0 Å². The lowest BCUT2D eigenvalue weighted by molar-refractivity contribution is 0.0526. The number of rotatable bonds is 6. The fourth-order valence-electron chi connectivity index (χ4n) is 3.67. The highest BCUT2D eigenvalue weighted by Crippen LogP contribution is 2.22. The number of hydrogen-bond donors (Lipinski definition) is 0. The molecular formula is C20H28N2O4S. The van der Waals surface area contributed by atoms with Crippen LogP contribution in [0.3, 0.4) is 0 Å². The molecule has 1 saturated heterocycles. The third-order valence-corrected chi connectivity index (χ3v) is 7.14. The van der Waals surface area contributed by atoms with Gasteiger partial charge in [0.1, 0.15) is 0 Å². The van der Waals surface area contributed by atoms with Gasteiger partial charge in [0.15, 0.2) is 0 Å². The minimum absolute atomic E-state index is 0.224. The Labute approximate surface area is 161 Å². The zero-order valence-electron chi connectivity index (χ0n) is 15.8. The number of esters is 1. The number of benzene rings is 1. The molecule has 148 valence electrons. The van der Waals surface area contributed by atoms with Crippen LogP contribution >= 0.6 is 0 Å². The molecule has 0 aromatic heterocycles. The second-order valence-corrected chi connectivity index (χ2v) is 9.04. The summed E-state index contributed by atoms with van der Waals surface area (Å²) in [5.74, 6) is 0.251. The molecule has 0 radical (unpaired) electrons. The molecule has 3 rings (SSSR count). The summed E-state index contributed by atoms with van der Waals surface area (Å²) in [6, 6.07) is 6.00. The molecule has 1 aromatic carbocycles. The zero-order valence-corrected chi connectivity index (χ0v) is 16.7. The van der Waals surface area contributed by atoms with Gasteiger partial charge in [0.05, 0.1) is 17.1 Å². The number of nitrogens with zero attached hydrogens (tertiary/aromatic N) is 2.